The number of aromatic nitrogens is 1. The molecule has 7 nitrogen and oxygen atoms in total. The predicted molar refractivity (Wildman–Crippen MR) is 134 cm³/mol. The molecule has 2 aromatic heterocycles. The van der Waals surface area contributed by atoms with Crippen LogP contribution in [0, 0.1) is 0 Å². The van der Waals surface area contributed by atoms with Crippen molar-refractivity contribution in [2.45, 2.75) is 13.0 Å². The fourth-order valence-corrected chi connectivity index (χ4v) is 5.47. The molecule has 1 aliphatic rings. The smallest absolute Gasteiger partial charge is 0.338 e. The Labute approximate surface area is 204 Å². The number of benzene rings is 1. The lowest BCUT2D eigenvalue weighted by molar-refractivity contribution is -0.140. The van der Waals surface area contributed by atoms with Gasteiger partial charge in [-0.15, -0.1) is 11.3 Å². The summed E-state index contributed by atoms with van der Waals surface area (Å²) >= 11 is 2.77. The molecule has 4 rings (SSSR count). The number of ether oxygens (including phenoxy) is 3. The van der Waals surface area contributed by atoms with Gasteiger partial charge in [-0.05, 0) is 30.5 Å². The molecule has 0 fully saturated rings. The van der Waals surface area contributed by atoms with Crippen LogP contribution in [0.25, 0.3) is 12.2 Å². The first-order valence-electron chi connectivity index (χ1n) is 10.6. The second-order valence-corrected chi connectivity index (χ2v) is 9.34. The molecule has 0 saturated heterocycles. The third kappa shape index (κ3) is 4.82. The van der Waals surface area contributed by atoms with Crippen LogP contribution in [0.1, 0.15) is 23.4 Å². The van der Waals surface area contributed by atoms with E-state index in [9.17, 15) is 9.59 Å². The van der Waals surface area contributed by atoms with Gasteiger partial charge in [0.25, 0.3) is 5.56 Å². The first kappa shape index (κ1) is 23.9. The Hall–Kier alpha value is -3.27. The van der Waals surface area contributed by atoms with Crippen molar-refractivity contribution >= 4 is 40.8 Å². The second kappa shape index (κ2) is 10.8. The highest BCUT2D eigenvalue weighted by molar-refractivity contribution is 7.10. The highest BCUT2D eigenvalue weighted by Crippen LogP contribution is 2.33. The number of thiazole rings is 1. The number of nitrogens with zero attached hydrogens (tertiary/aromatic N) is 2. The largest absolute Gasteiger partial charge is 0.496 e. The molecule has 1 aromatic carbocycles. The molecule has 0 unspecified atom stereocenters. The van der Waals surface area contributed by atoms with E-state index >= 15 is 0 Å². The zero-order valence-corrected chi connectivity index (χ0v) is 20.7. The maximum absolute atomic E-state index is 13.5. The Morgan fingerprint density at radius 1 is 1.18 bits per heavy atom. The summed E-state index contributed by atoms with van der Waals surface area (Å²) in [5.41, 5.74) is 1.60. The first-order chi connectivity index (χ1) is 16.5. The molecule has 0 spiro atoms. The summed E-state index contributed by atoms with van der Waals surface area (Å²) in [6.07, 6.45) is 5.47. The Morgan fingerprint density at radius 2 is 2.00 bits per heavy atom. The number of carbonyl (C=O) groups excluding carboxylic acids is 1. The van der Waals surface area contributed by atoms with Crippen molar-refractivity contribution in [1.29, 1.82) is 0 Å². The molecule has 34 heavy (non-hydrogen) atoms. The van der Waals surface area contributed by atoms with Gasteiger partial charge in [0.1, 0.15) is 18.4 Å². The van der Waals surface area contributed by atoms with Crippen molar-refractivity contribution in [2.24, 2.45) is 4.99 Å². The van der Waals surface area contributed by atoms with Crippen molar-refractivity contribution in [1.82, 2.24) is 4.57 Å². The maximum Gasteiger partial charge on any atom is 0.338 e. The lowest BCUT2D eigenvalue weighted by Gasteiger charge is -2.23. The van der Waals surface area contributed by atoms with Gasteiger partial charge < -0.3 is 14.2 Å². The van der Waals surface area contributed by atoms with E-state index < -0.39 is 12.0 Å². The van der Waals surface area contributed by atoms with Crippen molar-refractivity contribution in [3.8, 4) is 5.75 Å². The fraction of sp³-hybridized carbons (Fsp3) is 0.240. The van der Waals surface area contributed by atoms with E-state index in [2.05, 4.69) is 4.99 Å². The summed E-state index contributed by atoms with van der Waals surface area (Å²) in [6.45, 7) is 2.19. The minimum atomic E-state index is -0.591. The van der Waals surface area contributed by atoms with Gasteiger partial charge in [-0.25, -0.2) is 9.79 Å². The van der Waals surface area contributed by atoms with Crippen LogP contribution in [-0.4, -0.2) is 38.0 Å². The van der Waals surface area contributed by atoms with Crippen LogP contribution in [-0.2, 0) is 14.3 Å². The third-order valence-corrected chi connectivity index (χ3v) is 7.16. The van der Waals surface area contributed by atoms with E-state index in [0.29, 0.717) is 27.2 Å². The van der Waals surface area contributed by atoms with E-state index in [4.69, 9.17) is 14.2 Å². The normalized spacial score (nSPS) is 16.0. The summed E-state index contributed by atoms with van der Waals surface area (Å²) < 4.78 is 17.9. The fourth-order valence-electron chi connectivity index (χ4n) is 3.65. The third-order valence-electron chi connectivity index (χ3n) is 5.24. The number of thiophene rings is 1. The quantitative estimate of drug-likeness (QED) is 0.354. The molecule has 3 heterocycles. The van der Waals surface area contributed by atoms with Crippen molar-refractivity contribution in [2.75, 3.05) is 27.4 Å². The number of carbonyl (C=O) groups is 1. The molecule has 0 aliphatic carbocycles. The summed E-state index contributed by atoms with van der Waals surface area (Å²) in [5.74, 6) is 0.251. The van der Waals surface area contributed by atoms with Crippen LogP contribution in [0.15, 0.2) is 68.9 Å². The molecule has 1 aliphatic heterocycles. The second-order valence-electron chi connectivity index (χ2n) is 7.35. The van der Waals surface area contributed by atoms with Gasteiger partial charge in [-0.2, -0.15) is 0 Å². The number of hydrogen-bond donors (Lipinski definition) is 0. The summed E-state index contributed by atoms with van der Waals surface area (Å²) in [6, 6.07) is 10.9. The Balaban J connectivity index is 1.76. The van der Waals surface area contributed by atoms with Gasteiger partial charge in [0.15, 0.2) is 4.80 Å². The van der Waals surface area contributed by atoms with Crippen LogP contribution in [0.3, 0.4) is 0 Å². The summed E-state index contributed by atoms with van der Waals surface area (Å²) in [4.78, 5) is 32.4. The average molecular weight is 497 g/mol. The number of esters is 1. The minimum absolute atomic E-state index is 0.126. The first-order valence-corrected chi connectivity index (χ1v) is 12.3. The number of allylic oxidation sites excluding steroid dienone is 2. The van der Waals surface area contributed by atoms with Crippen LogP contribution < -0.4 is 19.6 Å². The lowest BCUT2D eigenvalue weighted by Crippen LogP contribution is -2.39. The van der Waals surface area contributed by atoms with E-state index in [0.717, 1.165) is 16.2 Å². The number of fused-ring (bicyclic) bond motifs is 1. The number of rotatable bonds is 8. The summed E-state index contributed by atoms with van der Waals surface area (Å²) in [5, 5.41) is 1.92. The molecule has 3 aromatic rings. The molecule has 176 valence electrons. The molecular formula is C25H24N2O5S2. The monoisotopic (exact) mass is 496 g/mol. The Bertz CT molecular complexity index is 1410. The molecular weight excluding hydrogens is 472 g/mol. The van der Waals surface area contributed by atoms with E-state index in [1.54, 1.807) is 31.8 Å². The molecule has 9 heteroatoms. The maximum atomic E-state index is 13.5. The zero-order chi connectivity index (χ0) is 24.1. The minimum Gasteiger partial charge on any atom is -0.496 e. The molecule has 0 radical (unpaired) electrons. The molecule has 0 N–H and O–H groups in total. The standard InChI is InChI=1S/C25H24N2O5S2/c1-16-21(24(29)32-14-13-30-2)22(19-12-7-15-33-19)27-23(28)20(34-25(27)26-16)11-6-9-17-8-4-5-10-18(17)31-3/h4-12,15,22H,13-14H2,1-3H3/b9-6+,20-11?/t22-/m0/s1. The number of hydrogen-bond acceptors (Lipinski definition) is 8. The topological polar surface area (TPSA) is 79.1 Å². The van der Waals surface area contributed by atoms with Gasteiger partial charge >= 0.3 is 5.97 Å². The van der Waals surface area contributed by atoms with E-state index in [-0.39, 0.29) is 12.2 Å². The number of methoxy groups -OCH3 is 2. The van der Waals surface area contributed by atoms with Gasteiger partial charge in [0, 0.05) is 17.6 Å². The van der Waals surface area contributed by atoms with Crippen molar-refractivity contribution < 1.29 is 19.0 Å². The van der Waals surface area contributed by atoms with Gasteiger partial charge in [-0.1, -0.05) is 47.8 Å². The van der Waals surface area contributed by atoms with Crippen LogP contribution >= 0.6 is 22.7 Å². The van der Waals surface area contributed by atoms with Gasteiger partial charge in [-0.3, -0.25) is 9.36 Å². The van der Waals surface area contributed by atoms with Crippen LogP contribution in [0.5, 0.6) is 5.75 Å². The Morgan fingerprint density at radius 3 is 2.74 bits per heavy atom. The lowest BCUT2D eigenvalue weighted by atomic mass is 10.0. The predicted octanol–water partition coefficient (Wildman–Crippen LogP) is 3.16. The summed E-state index contributed by atoms with van der Waals surface area (Å²) in [7, 11) is 3.16. The van der Waals surface area contributed by atoms with Gasteiger partial charge in [0.2, 0.25) is 0 Å². The van der Waals surface area contributed by atoms with Crippen molar-refractivity contribution in [3.05, 3.63) is 89.3 Å². The molecule has 0 amide bonds. The molecule has 0 saturated carbocycles. The average Bonchev–Trinajstić information content (AvgIpc) is 3.47. The zero-order valence-electron chi connectivity index (χ0n) is 19.0. The highest BCUT2D eigenvalue weighted by atomic mass is 32.1. The molecule has 1 atom stereocenters. The highest BCUT2D eigenvalue weighted by Gasteiger charge is 2.33. The Kier molecular flexibility index (Phi) is 7.56. The van der Waals surface area contributed by atoms with Gasteiger partial charge in [0.05, 0.1) is 29.5 Å². The van der Waals surface area contributed by atoms with Crippen LogP contribution in [0.2, 0.25) is 0 Å². The van der Waals surface area contributed by atoms with E-state index in [1.807, 2.05) is 53.9 Å². The van der Waals surface area contributed by atoms with E-state index in [1.165, 1.54) is 22.7 Å². The SMILES string of the molecule is COCCOC(=O)C1=C(C)N=c2sc(=C/C=C/c3ccccc3OC)c(=O)n2[C@H]1c1cccs1. The number of para-hydroxylation sites is 1. The van der Waals surface area contributed by atoms with Crippen LogP contribution in [0.4, 0.5) is 0 Å². The molecule has 0 bridgehead atoms. The van der Waals surface area contributed by atoms with Crippen molar-refractivity contribution in [3.63, 3.8) is 0 Å².